The highest BCUT2D eigenvalue weighted by atomic mass is 16.3. The van der Waals surface area contributed by atoms with Gasteiger partial charge in [-0.3, -0.25) is 0 Å². The van der Waals surface area contributed by atoms with Crippen molar-refractivity contribution in [2.45, 2.75) is 76.4 Å². The maximum absolute atomic E-state index is 9.38. The zero-order valence-corrected chi connectivity index (χ0v) is 11.8. The minimum atomic E-state index is 0.276. The minimum Gasteiger partial charge on any atom is -0.395 e. The van der Waals surface area contributed by atoms with Crippen molar-refractivity contribution in [2.75, 3.05) is 13.2 Å². The second kappa shape index (κ2) is 7.46. The zero-order valence-electron chi connectivity index (χ0n) is 11.8. The van der Waals surface area contributed by atoms with E-state index in [4.69, 9.17) is 0 Å². The van der Waals surface area contributed by atoms with E-state index in [1.807, 2.05) is 0 Å². The molecule has 0 aromatic rings. The first-order chi connectivity index (χ1) is 8.85. The van der Waals surface area contributed by atoms with Crippen LogP contribution in [0.15, 0.2) is 0 Å². The van der Waals surface area contributed by atoms with Gasteiger partial charge in [-0.25, -0.2) is 0 Å². The van der Waals surface area contributed by atoms with Gasteiger partial charge in [-0.1, -0.05) is 26.2 Å². The SMILES string of the molecule is CCC(CO)NC1CCCCC1C1CCCCN1. The fourth-order valence-electron chi connectivity index (χ4n) is 3.69. The van der Waals surface area contributed by atoms with Gasteiger partial charge in [0.1, 0.15) is 0 Å². The molecule has 0 aromatic carbocycles. The predicted octanol–water partition coefficient (Wildman–Crippen LogP) is 2.05. The summed E-state index contributed by atoms with van der Waals surface area (Å²) in [7, 11) is 0. The van der Waals surface area contributed by atoms with Crippen LogP contribution in [0.3, 0.4) is 0 Å². The molecule has 0 amide bonds. The van der Waals surface area contributed by atoms with Crippen molar-refractivity contribution >= 4 is 0 Å². The van der Waals surface area contributed by atoms with Gasteiger partial charge >= 0.3 is 0 Å². The van der Waals surface area contributed by atoms with Gasteiger partial charge in [-0.2, -0.15) is 0 Å². The lowest BCUT2D eigenvalue weighted by atomic mass is 9.77. The Morgan fingerprint density at radius 1 is 1.17 bits per heavy atom. The number of rotatable bonds is 5. The van der Waals surface area contributed by atoms with Crippen molar-refractivity contribution in [3.8, 4) is 0 Å². The number of hydrogen-bond acceptors (Lipinski definition) is 3. The van der Waals surface area contributed by atoms with E-state index < -0.39 is 0 Å². The van der Waals surface area contributed by atoms with E-state index >= 15 is 0 Å². The van der Waals surface area contributed by atoms with E-state index in [0.717, 1.165) is 12.3 Å². The van der Waals surface area contributed by atoms with Crippen LogP contribution in [0, 0.1) is 5.92 Å². The average Bonchev–Trinajstić information content (AvgIpc) is 2.46. The van der Waals surface area contributed by atoms with E-state index in [2.05, 4.69) is 17.6 Å². The Kier molecular flexibility index (Phi) is 5.93. The van der Waals surface area contributed by atoms with Crippen molar-refractivity contribution in [1.82, 2.24) is 10.6 Å². The molecule has 0 spiro atoms. The average molecular weight is 254 g/mol. The summed E-state index contributed by atoms with van der Waals surface area (Å²) in [5.74, 6) is 0.777. The molecule has 106 valence electrons. The van der Waals surface area contributed by atoms with Crippen LogP contribution in [0.25, 0.3) is 0 Å². The van der Waals surface area contributed by atoms with E-state index in [1.54, 1.807) is 0 Å². The van der Waals surface area contributed by atoms with Crippen LogP contribution in [-0.4, -0.2) is 36.4 Å². The molecular formula is C15H30N2O. The third kappa shape index (κ3) is 3.69. The molecular weight excluding hydrogens is 224 g/mol. The molecule has 3 N–H and O–H groups in total. The van der Waals surface area contributed by atoms with E-state index in [1.165, 1.54) is 51.5 Å². The molecule has 3 nitrogen and oxygen atoms in total. The summed E-state index contributed by atoms with van der Waals surface area (Å²) >= 11 is 0. The number of aliphatic hydroxyl groups is 1. The highest BCUT2D eigenvalue weighted by Gasteiger charge is 2.33. The summed E-state index contributed by atoms with van der Waals surface area (Å²) in [6.07, 6.45) is 10.5. The molecule has 0 bridgehead atoms. The van der Waals surface area contributed by atoms with Gasteiger partial charge in [0.15, 0.2) is 0 Å². The number of piperidine rings is 1. The van der Waals surface area contributed by atoms with Crippen LogP contribution in [-0.2, 0) is 0 Å². The first kappa shape index (κ1) is 14.3. The molecule has 2 rings (SSSR count). The second-order valence-electron chi connectivity index (χ2n) is 6.07. The fraction of sp³-hybridized carbons (Fsp3) is 1.00. The zero-order chi connectivity index (χ0) is 12.8. The molecule has 1 heterocycles. The van der Waals surface area contributed by atoms with E-state index in [0.29, 0.717) is 18.1 Å². The van der Waals surface area contributed by atoms with Crippen molar-refractivity contribution in [1.29, 1.82) is 0 Å². The number of hydrogen-bond donors (Lipinski definition) is 3. The minimum absolute atomic E-state index is 0.276. The summed E-state index contributed by atoms with van der Waals surface area (Å²) in [6, 6.07) is 1.62. The normalized spacial score (nSPS) is 35.3. The fourth-order valence-corrected chi connectivity index (χ4v) is 3.69. The third-order valence-corrected chi connectivity index (χ3v) is 4.85. The smallest absolute Gasteiger partial charge is 0.0584 e. The molecule has 1 saturated heterocycles. The molecule has 1 aliphatic carbocycles. The lowest BCUT2D eigenvalue weighted by molar-refractivity contribution is 0.150. The monoisotopic (exact) mass is 254 g/mol. The molecule has 1 saturated carbocycles. The lowest BCUT2D eigenvalue weighted by Gasteiger charge is -2.41. The molecule has 2 fully saturated rings. The van der Waals surface area contributed by atoms with E-state index in [-0.39, 0.29) is 6.61 Å². The quantitative estimate of drug-likeness (QED) is 0.703. The Morgan fingerprint density at radius 3 is 2.61 bits per heavy atom. The molecule has 18 heavy (non-hydrogen) atoms. The molecule has 0 radical (unpaired) electrons. The molecule has 0 aromatic heterocycles. The maximum atomic E-state index is 9.38. The standard InChI is InChI=1S/C15H30N2O/c1-2-12(11-18)17-15-9-4-3-7-13(15)14-8-5-6-10-16-14/h12-18H,2-11H2,1H3. The Morgan fingerprint density at radius 2 is 1.94 bits per heavy atom. The van der Waals surface area contributed by atoms with Gasteiger partial charge in [0.25, 0.3) is 0 Å². The third-order valence-electron chi connectivity index (χ3n) is 4.85. The summed E-state index contributed by atoms with van der Waals surface area (Å²) < 4.78 is 0. The Bertz CT molecular complexity index is 225. The topological polar surface area (TPSA) is 44.3 Å². The predicted molar refractivity (Wildman–Crippen MR) is 75.7 cm³/mol. The van der Waals surface area contributed by atoms with Crippen molar-refractivity contribution in [2.24, 2.45) is 5.92 Å². The summed E-state index contributed by atoms with van der Waals surface area (Å²) in [4.78, 5) is 0. The van der Waals surface area contributed by atoms with Crippen molar-refractivity contribution in [3.05, 3.63) is 0 Å². The Hall–Kier alpha value is -0.120. The second-order valence-corrected chi connectivity index (χ2v) is 6.07. The first-order valence-electron chi connectivity index (χ1n) is 7.95. The lowest BCUT2D eigenvalue weighted by Crippen LogP contribution is -2.53. The largest absolute Gasteiger partial charge is 0.395 e. The van der Waals surface area contributed by atoms with Crippen LogP contribution in [0.4, 0.5) is 0 Å². The van der Waals surface area contributed by atoms with Gasteiger partial charge in [-0.15, -0.1) is 0 Å². The summed E-state index contributed by atoms with van der Waals surface area (Å²) in [5, 5.41) is 16.8. The molecule has 1 aliphatic heterocycles. The molecule has 2 aliphatic rings. The van der Waals surface area contributed by atoms with Crippen LogP contribution in [0.1, 0.15) is 58.3 Å². The van der Waals surface area contributed by atoms with Gasteiger partial charge in [0.2, 0.25) is 0 Å². The summed E-state index contributed by atoms with van der Waals surface area (Å²) in [6.45, 7) is 3.63. The van der Waals surface area contributed by atoms with Gasteiger partial charge in [0.05, 0.1) is 6.61 Å². The van der Waals surface area contributed by atoms with Gasteiger partial charge in [-0.05, 0) is 44.6 Å². The van der Waals surface area contributed by atoms with Crippen LogP contribution >= 0.6 is 0 Å². The molecule has 4 unspecified atom stereocenters. The number of nitrogens with one attached hydrogen (secondary N) is 2. The molecule has 3 heteroatoms. The highest BCUT2D eigenvalue weighted by molar-refractivity contribution is 4.91. The van der Waals surface area contributed by atoms with Gasteiger partial charge < -0.3 is 15.7 Å². The Labute approximate surface area is 112 Å². The van der Waals surface area contributed by atoms with E-state index in [9.17, 15) is 5.11 Å². The van der Waals surface area contributed by atoms with Crippen LogP contribution < -0.4 is 10.6 Å². The van der Waals surface area contributed by atoms with Crippen LogP contribution in [0.5, 0.6) is 0 Å². The molecule has 4 atom stereocenters. The first-order valence-corrected chi connectivity index (χ1v) is 7.95. The maximum Gasteiger partial charge on any atom is 0.0584 e. The van der Waals surface area contributed by atoms with Crippen molar-refractivity contribution in [3.63, 3.8) is 0 Å². The van der Waals surface area contributed by atoms with Crippen molar-refractivity contribution < 1.29 is 5.11 Å². The highest BCUT2D eigenvalue weighted by Crippen LogP contribution is 2.30. The summed E-state index contributed by atoms with van der Waals surface area (Å²) in [5.41, 5.74) is 0. The van der Waals surface area contributed by atoms with Gasteiger partial charge in [0, 0.05) is 18.1 Å². The number of aliphatic hydroxyl groups excluding tert-OH is 1. The van der Waals surface area contributed by atoms with Crippen LogP contribution in [0.2, 0.25) is 0 Å². The Balaban J connectivity index is 1.91.